The lowest BCUT2D eigenvalue weighted by atomic mass is 10.0. The average Bonchev–Trinajstić information content (AvgIpc) is 3.22. The number of aromatic nitrogens is 2. The molecule has 3 rings (SSSR count). The van der Waals surface area contributed by atoms with Gasteiger partial charge < -0.3 is 9.88 Å². The Morgan fingerprint density at radius 1 is 1.52 bits per heavy atom. The van der Waals surface area contributed by atoms with Crippen molar-refractivity contribution in [1.82, 2.24) is 19.8 Å². The number of amides is 1. The number of rotatable bonds is 6. The summed E-state index contributed by atoms with van der Waals surface area (Å²) in [5, 5.41) is 2.99. The fourth-order valence-electron chi connectivity index (χ4n) is 3.47. The SMILES string of the molecule is Cn1ccnc1CN1C[C@@H](F)C[C@H]1CNC(=O)CC1C=CCC1. The van der Waals surface area contributed by atoms with E-state index in [-0.39, 0.29) is 11.9 Å². The summed E-state index contributed by atoms with van der Waals surface area (Å²) >= 11 is 0. The van der Waals surface area contributed by atoms with Crippen LogP contribution in [0.1, 0.15) is 31.5 Å². The zero-order valence-corrected chi connectivity index (χ0v) is 13.6. The van der Waals surface area contributed by atoms with Crippen LogP contribution >= 0.6 is 0 Å². The molecule has 1 aliphatic heterocycles. The highest BCUT2D eigenvalue weighted by Crippen LogP contribution is 2.23. The van der Waals surface area contributed by atoms with E-state index >= 15 is 0 Å². The monoisotopic (exact) mass is 320 g/mol. The van der Waals surface area contributed by atoms with Gasteiger partial charge in [-0.2, -0.15) is 0 Å². The molecule has 1 N–H and O–H groups in total. The van der Waals surface area contributed by atoms with E-state index in [2.05, 4.69) is 27.4 Å². The van der Waals surface area contributed by atoms with Gasteiger partial charge in [-0.25, -0.2) is 9.37 Å². The van der Waals surface area contributed by atoms with Crippen molar-refractivity contribution in [2.75, 3.05) is 13.1 Å². The van der Waals surface area contributed by atoms with E-state index < -0.39 is 6.17 Å². The molecule has 0 bridgehead atoms. The summed E-state index contributed by atoms with van der Waals surface area (Å²) in [6.45, 7) is 1.55. The fraction of sp³-hybridized carbons (Fsp3) is 0.647. The molecule has 1 aromatic heterocycles. The summed E-state index contributed by atoms with van der Waals surface area (Å²) in [5.74, 6) is 1.36. The van der Waals surface area contributed by atoms with Crippen molar-refractivity contribution in [2.45, 2.75) is 44.4 Å². The van der Waals surface area contributed by atoms with Crippen LogP contribution in [-0.4, -0.2) is 45.7 Å². The van der Waals surface area contributed by atoms with Gasteiger partial charge in [0.15, 0.2) is 0 Å². The molecule has 1 unspecified atom stereocenters. The van der Waals surface area contributed by atoms with Crippen LogP contribution in [0.5, 0.6) is 0 Å². The lowest BCUT2D eigenvalue weighted by Gasteiger charge is -2.24. The van der Waals surface area contributed by atoms with Crippen LogP contribution in [-0.2, 0) is 18.4 Å². The van der Waals surface area contributed by atoms with Crippen molar-refractivity contribution in [1.29, 1.82) is 0 Å². The third-order valence-electron chi connectivity index (χ3n) is 4.84. The number of nitrogens with zero attached hydrogens (tertiary/aromatic N) is 3. The lowest BCUT2D eigenvalue weighted by molar-refractivity contribution is -0.121. The molecule has 5 nitrogen and oxygen atoms in total. The van der Waals surface area contributed by atoms with Crippen LogP contribution in [0.3, 0.4) is 0 Å². The van der Waals surface area contributed by atoms with Gasteiger partial charge in [-0.1, -0.05) is 12.2 Å². The van der Waals surface area contributed by atoms with Gasteiger partial charge in [0.05, 0.1) is 6.54 Å². The van der Waals surface area contributed by atoms with Crippen molar-refractivity contribution >= 4 is 5.91 Å². The summed E-state index contributed by atoms with van der Waals surface area (Å²) in [5.41, 5.74) is 0. The van der Waals surface area contributed by atoms with E-state index in [1.54, 1.807) is 6.20 Å². The summed E-state index contributed by atoms with van der Waals surface area (Å²) in [6, 6.07) is 0.0461. The molecule has 6 heteroatoms. The molecule has 0 saturated carbocycles. The predicted molar refractivity (Wildman–Crippen MR) is 86.4 cm³/mol. The number of imidazole rings is 1. The minimum absolute atomic E-state index is 0.0461. The fourth-order valence-corrected chi connectivity index (χ4v) is 3.47. The van der Waals surface area contributed by atoms with Gasteiger partial charge in [0.1, 0.15) is 12.0 Å². The van der Waals surface area contributed by atoms with Gasteiger partial charge in [-0.15, -0.1) is 0 Å². The van der Waals surface area contributed by atoms with Crippen LogP contribution < -0.4 is 5.32 Å². The molecule has 1 aromatic rings. The van der Waals surface area contributed by atoms with Crippen molar-refractivity contribution in [3.63, 3.8) is 0 Å². The van der Waals surface area contributed by atoms with E-state index in [0.29, 0.717) is 38.4 Å². The molecule has 0 spiro atoms. The van der Waals surface area contributed by atoms with E-state index in [4.69, 9.17) is 0 Å². The maximum atomic E-state index is 13.8. The Bertz CT molecular complexity index is 571. The molecule has 2 heterocycles. The lowest BCUT2D eigenvalue weighted by Crippen LogP contribution is -2.40. The number of carbonyl (C=O) groups is 1. The topological polar surface area (TPSA) is 50.2 Å². The minimum Gasteiger partial charge on any atom is -0.355 e. The van der Waals surface area contributed by atoms with E-state index in [0.717, 1.165) is 18.7 Å². The number of alkyl halides is 1. The van der Waals surface area contributed by atoms with Crippen LogP contribution in [0.2, 0.25) is 0 Å². The first-order valence-corrected chi connectivity index (χ1v) is 8.39. The van der Waals surface area contributed by atoms with Crippen molar-refractivity contribution in [3.05, 3.63) is 30.4 Å². The molecule has 1 fully saturated rings. The van der Waals surface area contributed by atoms with Crippen LogP contribution in [0.4, 0.5) is 4.39 Å². The number of hydrogen-bond donors (Lipinski definition) is 1. The molecule has 3 atom stereocenters. The summed E-state index contributed by atoms with van der Waals surface area (Å²) in [6.07, 6.45) is 10.2. The van der Waals surface area contributed by atoms with Crippen molar-refractivity contribution in [2.24, 2.45) is 13.0 Å². The Morgan fingerprint density at radius 3 is 3.09 bits per heavy atom. The number of allylic oxidation sites excluding steroid dienone is 2. The number of nitrogens with one attached hydrogen (secondary N) is 1. The smallest absolute Gasteiger partial charge is 0.220 e. The molecule has 1 aliphatic carbocycles. The van der Waals surface area contributed by atoms with Crippen LogP contribution in [0.25, 0.3) is 0 Å². The Labute approximate surface area is 136 Å². The molecular formula is C17H25FN4O. The first-order valence-electron chi connectivity index (χ1n) is 8.39. The molecule has 1 amide bonds. The highest BCUT2D eigenvalue weighted by Gasteiger charge is 2.32. The molecule has 0 aromatic carbocycles. The Hall–Kier alpha value is -1.69. The molecule has 1 saturated heterocycles. The van der Waals surface area contributed by atoms with E-state index in [9.17, 15) is 9.18 Å². The molecule has 126 valence electrons. The Morgan fingerprint density at radius 2 is 2.39 bits per heavy atom. The molecule has 2 aliphatic rings. The summed E-state index contributed by atoms with van der Waals surface area (Å²) < 4.78 is 15.8. The summed E-state index contributed by atoms with van der Waals surface area (Å²) in [7, 11) is 1.94. The van der Waals surface area contributed by atoms with Gasteiger partial charge in [0, 0.05) is 45.0 Å². The predicted octanol–water partition coefficient (Wildman–Crippen LogP) is 1.80. The molecule has 23 heavy (non-hydrogen) atoms. The third kappa shape index (κ3) is 4.19. The number of likely N-dealkylation sites (tertiary alicyclic amines) is 1. The van der Waals surface area contributed by atoms with Gasteiger partial charge in [0.2, 0.25) is 5.91 Å². The number of halogens is 1. The summed E-state index contributed by atoms with van der Waals surface area (Å²) in [4.78, 5) is 18.4. The highest BCUT2D eigenvalue weighted by molar-refractivity contribution is 5.76. The largest absolute Gasteiger partial charge is 0.355 e. The second kappa shape index (κ2) is 7.25. The highest BCUT2D eigenvalue weighted by atomic mass is 19.1. The van der Waals surface area contributed by atoms with Crippen molar-refractivity contribution < 1.29 is 9.18 Å². The maximum Gasteiger partial charge on any atom is 0.220 e. The van der Waals surface area contributed by atoms with Crippen molar-refractivity contribution in [3.8, 4) is 0 Å². The molecular weight excluding hydrogens is 295 g/mol. The average molecular weight is 320 g/mol. The van der Waals surface area contributed by atoms with Gasteiger partial charge in [-0.05, 0) is 25.2 Å². The molecule has 0 radical (unpaired) electrons. The van der Waals surface area contributed by atoms with Gasteiger partial charge in [0.25, 0.3) is 0 Å². The zero-order valence-electron chi connectivity index (χ0n) is 13.6. The Balaban J connectivity index is 1.49. The standard InChI is InChI=1S/C17H25FN4O/c1-21-7-6-19-16(21)12-22-11-14(18)9-15(22)10-20-17(23)8-13-4-2-3-5-13/h2,4,6-7,13-15H,3,5,8-12H2,1H3,(H,20,23)/t13?,14-,15-/m0/s1. The van der Waals surface area contributed by atoms with Crippen LogP contribution in [0, 0.1) is 5.92 Å². The van der Waals surface area contributed by atoms with Gasteiger partial charge in [-0.3, -0.25) is 9.69 Å². The zero-order chi connectivity index (χ0) is 16.2. The number of aryl methyl sites for hydroxylation is 1. The minimum atomic E-state index is -0.824. The quantitative estimate of drug-likeness (QED) is 0.813. The second-order valence-electron chi connectivity index (χ2n) is 6.64. The number of carbonyl (C=O) groups excluding carboxylic acids is 1. The first kappa shape index (κ1) is 16.2. The second-order valence-corrected chi connectivity index (χ2v) is 6.64. The maximum absolute atomic E-state index is 13.8. The third-order valence-corrected chi connectivity index (χ3v) is 4.84. The van der Waals surface area contributed by atoms with E-state index in [1.165, 1.54) is 0 Å². The normalized spacial score (nSPS) is 27.7. The van der Waals surface area contributed by atoms with Gasteiger partial charge >= 0.3 is 0 Å². The van der Waals surface area contributed by atoms with Crippen LogP contribution in [0.15, 0.2) is 24.5 Å². The first-order chi connectivity index (χ1) is 11.1. The van der Waals surface area contributed by atoms with E-state index in [1.807, 2.05) is 17.8 Å². The Kier molecular flexibility index (Phi) is 5.10. The number of hydrogen-bond acceptors (Lipinski definition) is 3.